The topological polar surface area (TPSA) is 98.8 Å². The zero-order valence-electron chi connectivity index (χ0n) is 14.1. The minimum Gasteiger partial charge on any atom is -0.453 e. The minimum atomic E-state index is -0.678. The maximum Gasteiger partial charge on any atom is 0.279 e. The van der Waals surface area contributed by atoms with Crippen molar-refractivity contribution in [3.8, 4) is 11.5 Å². The smallest absolute Gasteiger partial charge is 0.279 e. The molecule has 0 aliphatic heterocycles. The number of nitrogen functional groups attached to an aromatic ring is 1. The molecule has 142 valence electrons. The van der Waals surface area contributed by atoms with Crippen LogP contribution in [0.3, 0.4) is 0 Å². The van der Waals surface area contributed by atoms with Crippen molar-refractivity contribution in [2.24, 2.45) is 0 Å². The lowest BCUT2D eigenvalue weighted by Gasteiger charge is -2.13. The van der Waals surface area contributed by atoms with E-state index in [4.69, 9.17) is 22.1 Å². The van der Waals surface area contributed by atoms with Crippen molar-refractivity contribution in [1.29, 1.82) is 0 Å². The molecule has 0 saturated heterocycles. The number of hydrogen-bond donors (Lipinski definition) is 2. The summed E-state index contributed by atoms with van der Waals surface area (Å²) in [5, 5.41) is 0.0919. The zero-order chi connectivity index (χ0) is 19.8. The third-order valence-corrected chi connectivity index (χ3v) is 4.75. The summed E-state index contributed by atoms with van der Waals surface area (Å²) in [4.78, 5) is 23.2. The molecule has 4 aromatic rings. The van der Waals surface area contributed by atoms with E-state index in [1.807, 2.05) is 0 Å². The van der Waals surface area contributed by atoms with Gasteiger partial charge in [-0.2, -0.15) is 0 Å². The second kappa shape index (κ2) is 7.25. The van der Waals surface area contributed by atoms with Crippen LogP contribution in [0.4, 0.5) is 10.1 Å². The molecule has 2 aromatic carbocycles. The van der Waals surface area contributed by atoms with E-state index in [0.717, 1.165) is 0 Å². The monoisotopic (exact) mass is 463 g/mol. The summed E-state index contributed by atoms with van der Waals surface area (Å²) in [5.41, 5.74) is 6.63. The van der Waals surface area contributed by atoms with Gasteiger partial charge in [-0.1, -0.05) is 33.6 Å². The molecule has 28 heavy (non-hydrogen) atoms. The summed E-state index contributed by atoms with van der Waals surface area (Å²) >= 11 is 9.43. The first kappa shape index (κ1) is 18.5. The molecule has 0 atom stereocenters. The Labute approximate surface area is 171 Å². The normalized spacial score (nSPS) is 11.1. The van der Waals surface area contributed by atoms with Crippen LogP contribution in [0.1, 0.15) is 5.56 Å². The molecule has 7 nitrogen and oxygen atoms in total. The van der Waals surface area contributed by atoms with Crippen molar-refractivity contribution < 1.29 is 9.13 Å². The molecule has 2 aromatic heterocycles. The number of anilines is 1. The number of aromatic nitrogens is 4. The Bertz CT molecular complexity index is 1240. The van der Waals surface area contributed by atoms with E-state index in [9.17, 15) is 4.79 Å². The molecule has 10 heteroatoms. The fraction of sp³-hybridized carbons (Fsp3) is 0.0556. The number of hydrogen-bond acceptors (Lipinski definition) is 5. The van der Waals surface area contributed by atoms with E-state index in [0.29, 0.717) is 21.6 Å². The minimum absolute atomic E-state index is 0.0548. The molecule has 0 aliphatic carbocycles. The van der Waals surface area contributed by atoms with E-state index in [1.54, 1.807) is 18.2 Å². The number of H-pyrrole nitrogens is 1. The van der Waals surface area contributed by atoms with Crippen LogP contribution < -0.4 is 16.0 Å². The van der Waals surface area contributed by atoms with Crippen LogP contribution in [0.15, 0.2) is 52.3 Å². The summed E-state index contributed by atoms with van der Waals surface area (Å²) in [6.45, 7) is -0.0548. The number of halogens is 3. The van der Waals surface area contributed by atoms with Gasteiger partial charge in [0.05, 0.1) is 17.9 Å². The molecule has 4 rings (SSSR count). The van der Waals surface area contributed by atoms with Crippen LogP contribution >= 0.6 is 27.5 Å². The molecule has 2 heterocycles. The Kier molecular flexibility index (Phi) is 4.78. The highest BCUT2D eigenvalue weighted by atomic mass is 79.9. The Morgan fingerprint density at radius 1 is 1.29 bits per heavy atom. The second-order valence-electron chi connectivity index (χ2n) is 5.95. The quantitative estimate of drug-likeness (QED) is 0.443. The molecule has 0 unspecified atom stereocenters. The van der Waals surface area contributed by atoms with Gasteiger partial charge in [0.15, 0.2) is 22.7 Å². The van der Waals surface area contributed by atoms with Gasteiger partial charge in [0.1, 0.15) is 12.1 Å². The van der Waals surface area contributed by atoms with E-state index in [1.165, 1.54) is 29.4 Å². The predicted octanol–water partition coefficient (Wildman–Crippen LogP) is 4.10. The highest BCUT2D eigenvalue weighted by molar-refractivity contribution is 9.10. The Morgan fingerprint density at radius 3 is 2.89 bits per heavy atom. The highest BCUT2D eigenvalue weighted by Crippen LogP contribution is 2.35. The van der Waals surface area contributed by atoms with Gasteiger partial charge < -0.3 is 15.5 Å². The van der Waals surface area contributed by atoms with Crippen molar-refractivity contribution in [2.75, 3.05) is 5.73 Å². The van der Waals surface area contributed by atoms with Gasteiger partial charge in [0.25, 0.3) is 5.56 Å². The number of aromatic amines is 1. The first-order valence-corrected chi connectivity index (χ1v) is 9.19. The average molecular weight is 465 g/mol. The first-order chi connectivity index (χ1) is 13.4. The largest absolute Gasteiger partial charge is 0.453 e. The maximum atomic E-state index is 15.1. The van der Waals surface area contributed by atoms with Crippen molar-refractivity contribution in [2.45, 2.75) is 6.54 Å². The van der Waals surface area contributed by atoms with Crippen molar-refractivity contribution in [1.82, 2.24) is 19.5 Å². The Balaban J connectivity index is 1.71. The van der Waals surface area contributed by atoms with Crippen LogP contribution in [-0.2, 0) is 6.54 Å². The number of nitrogens with one attached hydrogen (secondary N) is 1. The number of imidazole rings is 1. The van der Waals surface area contributed by atoms with Crippen LogP contribution in [0.5, 0.6) is 11.5 Å². The van der Waals surface area contributed by atoms with Crippen LogP contribution in [0, 0.1) is 5.82 Å². The van der Waals surface area contributed by atoms with Gasteiger partial charge in [-0.15, -0.1) is 0 Å². The fourth-order valence-electron chi connectivity index (χ4n) is 2.71. The molecule has 0 aliphatic rings. The molecule has 0 saturated carbocycles. The number of fused-ring (bicyclic) bond motifs is 1. The number of nitrogens with two attached hydrogens (primary N) is 1. The fourth-order valence-corrected chi connectivity index (χ4v) is 3.38. The Hall–Kier alpha value is -2.91. The lowest BCUT2D eigenvalue weighted by atomic mass is 10.2. The highest BCUT2D eigenvalue weighted by Gasteiger charge is 2.17. The first-order valence-electron chi connectivity index (χ1n) is 8.01. The molecular weight excluding hydrogens is 453 g/mol. The van der Waals surface area contributed by atoms with Gasteiger partial charge in [-0.25, -0.2) is 14.4 Å². The molecule has 3 N–H and O–H groups in total. The molecular formula is C18H12BrClFN5O2. The summed E-state index contributed by atoms with van der Waals surface area (Å²) in [6.07, 6.45) is 2.69. The van der Waals surface area contributed by atoms with Crippen LogP contribution in [0.2, 0.25) is 5.02 Å². The van der Waals surface area contributed by atoms with Crippen molar-refractivity contribution in [3.63, 3.8) is 0 Å². The van der Waals surface area contributed by atoms with Gasteiger partial charge in [-0.3, -0.25) is 9.36 Å². The van der Waals surface area contributed by atoms with Gasteiger partial charge >= 0.3 is 0 Å². The SMILES string of the molecule is Nc1cc(Br)cc(Oc2c(Cl)ccc(Cn3cnc4nc[nH]c4c3=O)c2F)c1. The van der Waals surface area contributed by atoms with Crippen molar-refractivity contribution >= 4 is 44.4 Å². The maximum absolute atomic E-state index is 15.1. The third-order valence-electron chi connectivity index (χ3n) is 4.00. The number of rotatable bonds is 4. The van der Waals surface area contributed by atoms with E-state index in [-0.39, 0.29) is 34.0 Å². The molecule has 0 bridgehead atoms. The molecule has 0 amide bonds. The van der Waals surface area contributed by atoms with Gasteiger partial charge in [-0.05, 0) is 18.2 Å². The lowest BCUT2D eigenvalue weighted by Crippen LogP contribution is -2.21. The van der Waals surface area contributed by atoms with Gasteiger partial charge in [0, 0.05) is 21.8 Å². The van der Waals surface area contributed by atoms with Crippen LogP contribution in [0.25, 0.3) is 11.2 Å². The van der Waals surface area contributed by atoms with Crippen molar-refractivity contribution in [3.05, 3.63) is 74.2 Å². The number of benzene rings is 2. The second-order valence-corrected chi connectivity index (χ2v) is 7.27. The summed E-state index contributed by atoms with van der Waals surface area (Å²) in [5.74, 6) is -0.509. The van der Waals surface area contributed by atoms with Gasteiger partial charge in [0.2, 0.25) is 0 Å². The number of nitrogens with zero attached hydrogens (tertiary/aromatic N) is 3. The summed E-state index contributed by atoms with van der Waals surface area (Å²) in [6, 6.07) is 7.87. The molecule has 0 fully saturated rings. The van der Waals surface area contributed by atoms with E-state index in [2.05, 4.69) is 30.9 Å². The Morgan fingerprint density at radius 2 is 2.11 bits per heavy atom. The summed E-state index contributed by atoms with van der Waals surface area (Å²) in [7, 11) is 0. The predicted molar refractivity (Wildman–Crippen MR) is 107 cm³/mol. The summed E-state index contributed by atoms with van der Waals surface area (Å²) < 4.78 is 22.7. The van der Waals surface area contributed by atoms with E-state index >= 15 is 4.39 Å². The lowest BCUT2D eigenvalue weighted by molar-refractivity contribution is 0.437. The molecule has 0 spiro atoms. The zero-order valence-corrected chi connectivity index (χ0v) is 16.5. The third kappa shape index (κ3) is 3.46. The molecule has 0 radical (unpaired) electrons. The van der Waals surface area contributed by atoms with Crippen LogP contribution in [-0.4, -0.2) is 19.5 Å². The van der Waals surface area contributed by atoms with E-state index < -0.39 is 5.82 Å². The average Bonchev–Trinajstić information content (AvgIpc) is 3.12. The number of ether oxygens (including phenoxy) is 1. The standard InChI is InChI=1S/C18H12BrClFN5O2/c19-10-3-11(22)5-12(4-10)28-16-13(20)2-1-9(14(16)21)6-26-8-25-17-15(18(26)27)23-7-24-17/h1-5,7-8H,6,22H2,(H,23,24).